The standard InChI is InChI=1S/C13H16FN5O4/c1-22-11(16)5-2-19(12-7(5)10(15)17-4-18-12)13-8(14)9(21)6(3-20)23-13/h2,4,6,8-9,13,16,20-21H,3H2,1H3,(H2,15,17,18)/t6-,8+,9-,13-/m1/s1. The molecule has 2 aromatic rings. The first-order valence-corrected chi connectivity index (χ1v) is 6.82. The van der Waals surface area contributed by atoms with Crippen LogP contribution in [-0.4, -0.2) is 62.7 Å². The van der Waals surface area contributed by atoms with E-state index in [1.165, 1.54) is 24.2 Å². The Morgan fingerprint density at radius 3 is 2.91 bits per heavy atom. The number of methoxy groups -OCH3 is 1. The molecule has 1 aliphatic rings. The molecule has 0 bridgehead atoms. The van der Waals surface area contributed by atoms with E-state index in [1.54, 1.807) is 0 Å². The maximum atomic E-state index is 14.4. The van der Waals surface area contributed by atoms with Gasteiger partial charge in [-0.2, -0.15) is 0 Å². The number of hydrogen-bond donors (Lipinski definition) is 4. The van der Waals surface area contributed by atoms with Crippen molar-refractivity contribution in [3.63, 3.8) is 0 Å². The third-order valence-corrected chi connectivity index (χ3v) is 3.84. The zero-order valence-electron chi connectivity index (χ0n) is 12.2. The molecular weight excluding hydrogens is 309 g/mol. The van der Waals surface area contributed by atoms with Gasteiger partial charge in [-0.3, -0.25) is 5.41 Å². The van der Waals surface area contributed by atoms with Crippen molar-refractivity contribution in [2.24, 2.45) is 0 Å². The summed E-state index contributed by atoms with van der Waals surface area (Å²) in [7, 11) is 1.32. The molecule has 0 saturated carbocycles. The van der Waals surface area contributed by atoms with Crippen LogP contribution in [0.4, 0.5) is 10.2 Å². The molecule has 4 atom stereocenters. The van der Waals surface area contributed by atoms with Crippen molar-refractivity contribution in [2.45, 2.75) is 24.6 Å². The zero-order valence-corrected chi connectivity index (χ0v) is 12.2. The Labute approximate surface area is 130 Å². The Morgan fingerprint density at radius 1 is 1.57 bits per heavy atom. The number of aliphatic hydroxyl groups excluding tert-OH is 2. The van der Waals surface area contributed by atoms with Crippen molar-refractivity contribution in [2.75, 3.05) is 19.5 Å². The SMILES string of the molecule is COC(=N)c1cn([C@@H]2O[C@H](CO)[C@@H](O)[C@@H]2F)c2ncnc(N)c12. The van der Waals surface area contributed by atoms with Crippen LogP contribution < -0.4 is 5.73 Å². The predicted octanol–water partition coefficient (Wildman–Crippen LogP) is -0.426. The molecule has 0 spiro atoms. The highest BCUT2D eigenvalue weighted by molar-refractivity contribution is 6.08. The monoisotopic (exact) mass is 325 g/mol. The molecule has 0 amide bonds. The lowest BCUT2D eigenvalue weighted by molar-refractivity contribution is -0.0457. The van der Waals surface area contributed by atoms with Crippen molar-refractivity contribution in [1.82, 2.24) is 14.5 Å². The van der Waals surface area contributed by atoms with Gasteiger partial charge in [0.15, 0.2) is 12.4 Å². The maximum Gasteiger partial charge on any atom is 0.215 e. The van der Waals surface area contributed by atoms with Crippen LogP contribution in [0.25, 0.3) is 11.0 Å². The number of halogens is 1. The number of fused-ring (bicyclic) bond motifs is 1. The fourth-order valence-corrected chi connectivity index (χ4v) is 2.66. The molecular formula is C13H16FN5O4. The summed E-state index contributed by atoms with van der Waals surface area (Å²) in [5, 5.41) is 27.1. The number of hydrogen-bond acceptors (Lipinski definition) is 8. The van der Waals surface area contributed by atoms with E-state index < -0.39 is 31.2 Å². The van der Waals surface area contributed by atoms with Gasteiger partial charge >= 0.3 is 0 Å². The molecule has 9 nitrogen and oxygen atoms in total. The number of nitrogen functional groups attached to an aromatic ring is 1. The molecule has 5 N–H and O–H groups in total. The van der Waals surface area contributed by atoms with Gasteiger partial charge in [-0.05, 0) is 0 Å². The van der Waals surface area contributed by atoms with Gasteiger partial charge < -0.3 is 30.0 Å². The number of ether oxygens (including phenoxy) is 2. The normalized spacial score (nSPS) is 27.5. The molecule has 3 heterocycles. The van der Waals surface area contributed by atoms with Crippen LogP contribution >= 0.6 is 0 Å². The maximum absolute atomic E-state index is 14.4. The lowest BCUT2D eigenvalue weighted by atomic mass is 10.1. The number of nitrogens with zero attached hydrogens (tertiary/aromatic N) is 3. The number of anilines is 1. The molecule has 1 aliphatic heterocycles. The van der Waals surface area contributed by atoms with Gasteiger partial charge in [0.25, 0.3) is 0 Å². The Bertz CT molecular complexity index is 751. The van der Waals surface area contributed by atoms with Crippen LogP contribution in [0.2, 0.25) is 0 Å². The highest BCUT2D eigenvalue weighted by Gasteiger charge is 2.45. The molecule has 10 heteroatoms. The number of alkyl halides is 1. The summed E-state index contributed by atoms with van der Waals surface area (Å²) in [6.45, 7) is -0.519. The molecule has 1 fully saturated rings. The molecule has 0 radical (unpaired) electrons. The van der Waals surface area contributed by atoms with Crippen LogP contribution in [0.1, 0.15) is 11.8 Å². The second-order valence-electron chi connectivity index (χ2n) is 5.12. The largest absolute Gasteiger partial charge is 0.481 e. The predicted molar refractivity (Wildman–Crippen MR) is 77.7 cm³/mol. The highest BCUT2D eigenvalue weighted by Crippen LogP contribution is 2.36. The van der Waals surface area contributed by atoms with Crippen LogP contribution in [0, 0.1) is 5.41 Å². The zero-order chi connectivity index (χ0) is 16.7. The molecule has 1 saturated heterocycles. The van der Waals surface area contributed by atoms with E-state index in [9.17, 15) is 9.50 Å². The topological polar surface area (TPSA) is 140 Å². The second-order valence-corrected chi connectivity index (χ2v) is 5.12. The van der Waals surface area contributed by atoms with Gasteiger partial charge in [-0.1, -0.05) is 0 Å². The average Bonchev–Trinajstić information content (AvgIpc) is 3.07. The summed E-state index contributed by atoms with van der Waals surface area (Å²) in [5.41, 5.74) is 6.36. The minimum atomic E-state index is -1.77. The van der Waals surface area contributed by atoms with E-state index in [4.69, 9.17) is 25.7 Å². The number of nitrogens with two attached hydrogens (primary N) is 1. The number of aliphatic hydroxyl groups is 2. The Kier molecular flexibility index (Phi) is 3.88. The lowest BCUT2D eigenvalue weighted by Gasteiger charge is -2.15. The summed E-state index contributed by atoms with van der Waals surface area (Å²) in [6.07, 6.45) is -2.88. The first-order chi connectivity index (χ1) is 11.0. The number of aromatic nitrogens is 3. The number of nitrogens with one attached hydrogen (secondary N) is 1. The van der Waals surface area contributed by atoms with Gasteiger partial charge in [-0.15, -0.1) is 0 Å². The van der Waals surface area contributed by atoms with E-state index in [0.717, 1.165) is 0 Å². The molecule has 0 aliphatic carbocycles. The van der Waals surface area contributed by atoms with E-state index in [1.807, 2.05) is 0 Å². The molecule has 0 unspecified atom stereocenters. The summed E-state index contributed by atoms with van der Waals surface area (Å²) in [5.74, 6) is -0.0823. The Morgan fingerprint density at radius 2 is 2.30 bits per heavy atom. The van der Waals surface area contributed by atoms with E-state index in [0.29, 0.717) is 5.39 Å². The average molecular weight is 325 g/mol. The van der Waals surface area contributed by atoms with Crippen molar-refractivity contribution in [1.29, 1.82) is 5.41 Å². The minimum Gasteiger partial charge on any atom is -0.481 e. The van der Waals surface area contributed by atoms with Gasteiger partial charge in [0.1, 0.15) is 30.0 Å². The van der Waals surface area contributed by atoms with E-state index in [-0.39, 0.29) is 22.9 Å². The van der Waals surface area contributed by atoms with Gasteiger partial charge in [0, 0.05) is 6.20 Å². The quantitative estimate of drug-likeness (QED) is 0.443. The highest BCUT2D eigenvalue weighted by atomic mass is 19.1. The smallest absolute Gasteiger partial charge is 0.215 e. The summed E-state index contributed by atoms with van der Waals surface area (Å²) >= 11 is 0. The van der Waals surface area contributed by atoms with Gasteiger partial charge in [0.05, 0.1) is 24.7 Å². The molecule has 3 rings (SSSR count). The first-order valence-electron chi connectivity index (χ1n) is 6.82. The van der Waals surface area contributed by atoms with Crippen molar-refractivity contribution in [3.8, 4) is 0 Å². The fourth-order valence-electron chi connectivity index (χ4n) is 2.66. The lowest BCUT2D eigenvalue weighted by Crippen LogP contribution is -2.30. The third-order valence-electron chi connectivity index (χ3n) is 3.84. The summed E-state index contributed by atoms with van der Waals surface area (Å²) in [4.78, 5) is 7.93. The summed E-state index contributed by atoms with van der Waals surface area (Å²) < 4.78 is 25.9. The van der Waals surface area contributed by atoms with Crippen molar-refractivity contribution >= 4 is 22.7 Å². The van der Waals surface area contributed by atoms with Crippen LogP contribution in [0.15, 0.2) is 12.5 Å². The van der Waals surface area contributed by atoms with Gasteiger partial charge in [0.2, 0.25) is 5.90 Å². The van der Waals surface area contributed by atoms with Crippen LogP contribution in [0.5, 0.6) is 0 Å². The van der Waals surface area contributed by atoms with E-state index in [2.05, 4.69) is 9.97 Å². The third kappa shape index (κ3) is 2.31. The Hall–Kier alpha value is -2.30. The minimum absolute atomic E-state index is 0.109. The Balaban J connectivity index is 2.16. The fraction of sp³-hybridized carbons (Fsp3) is 0.462. The molecule has 124 valence electrons. The van der Waals surface area contributed by atoms with Crippen molar-refractivity contribution < 1.29 is 24.1 Å². The van der Waals surface area contributed by atoms with E-state index >= 15 is 0 Å². The number of rotatable bonds is 3. The summed E-state index contributed by atoms with van der Waals surface area (Å²) in [6, 6.07) is 0. The second kappa shape index (κ2) is 5.72. The molecule has 0 aromatic carbocycles. The van der Waals surface area contributed by atoms with Crippen molar-refractivity contribution in [3.05, 3.63) is 18.1 Å². The molecule has 2 aromatic heterocycles. The van der Waals surface area contributed by atoms with Crippen LogP contribution in [-0.2, 0) is 9.47 Å². The first kappa shape index (κ1) is 15.6. The van der Waals surface area contributed by atoms with Gasteiger partial charge in [-0.25, -0.2) is 14.4 Å². The van der Waals surface area contributed by atoms with Crippen LogP contribution in [0.3, 0.4) is 0 Å². The molecule has 23 heavy (non-hydrogen) atoms.